The van der Waals surface area contributed by atoms with Gasteiger partial charge < -0.3 is 9.47 Å². The predicted octanol–water partition coefficient (Wildman–Crippen LogP) is 12.8. The molecule has 0 amide bonds. The van der Waals surface area contributed by atoms with Crippen LogP contribution in [-0.4, -0.2) is 4.57 Å². The minimum atomic E-state index is 1.11. The van der Waals surface area contributed by atoms with Crippen LogP contribution in [0, 0.1) is 0 Å². The summed E-state index contributed by atoms with van der Waals surface area (Å²) in [5, 5.41) is 11.5. The number of rotatable bonds is 5. The van der Waals surface area contributed by atoms with E-state index in [4.69, 9.17) is 0 Å². The number of nitrogens with zero attached hydrogens (tertiary/aromatic N) is 2. The zero-order valence-electron chi connectivity index (χ0n) is 26.2. The van der Waals surface area contributed by atoms with Crippen molar-refractivity contribution in [1.29, 1.82) is 0 Å². The molecule has 0 radical (unpaired) electrons. The molecule has 1 aromatic heterocycles. The summed E-state index contributed by atoms with van der Waals surface area (Å²) < 4.78 is 2.47. The standard InChI is InChI=1S/C46H30N2/c1-3-13-32(14-4-1)43-30-41-39-21-9-16-33-24-25-34-17-10-22-40(45(34)44(33)39)46(41)48(43)37-28-26-36(27-29-37)47(35-18-5-2-6-19-35)42-23-11-15-31-12-7-8-20-38(31)42/h1-30H. The first-order valence-electron chi connectivity index (χ1n) is 16.5. The lowest BCUT2D eigenvalue weighted by molar-refractivity contribution is 1.14. The highest BCUT2D eigenvalue weighted by Crippen LogP contribution is 2.45. The maximum Gasteiger partial charge on any atom is 0.0620 e. The molecule has 224 valence electrons. The smallest absolute Gasteiger partial charge is 0.0620 e. The normalized spacial score (nSPS) is 11.8. The summed E-state index contributed by atoms with van der Waals surface area (Å²) in [4.78, 5) is 2.37. The van der Waals surface area contributed by atoms with E-state index in [1.165, 1.54) is 65.3 Å². The third kappa shape index (κ3) is 4.00. The van der Waals surface area contributed by atoms with Gasteiger partial charge >= 0.3 is 0 Å². The molecule has 0 fully saturated rings. The molecule has 0 aliphatic heterocycles. The van der Waals surface area contributed by atoms with Gasteiger partial charge in [0.15, 0.2) is 0 Å². The molecule has 48 heavy (non-hydrogen) atoms. The summed E-state index contributed by atoms with van der Waals surface area (Å²) in [6.07, 6.45) is 0. The highest BCUT2D eigenvalue weighted by Gasteiger charge is 2.21. The topological polar surface area (TPSA) is 8.17 Å². The lowest BCUT2D eigenvalue weighted by Crippen LogP contribution is -2.10. The maximum absolute atomic E-state index is 2.47. The summed E-state index contributed by atoms with van der Waals surface area (Å²) in [5.41, 5.74) is 8.15. The highest BCUT2D eigenvalue weighted by atomic mass is 15.1. The van der Waals surface area contributed by atoms with E-state index < -0.39 is 0 Å². The minimum absolute atomic E-state index is 1.11. The van der Waals surface area contributed by atoms with Crippen LogP contribution in [0.5, 0.6) is 0 Å². The van der Waals surface area contributed by atoms with Crippen molar-refractivity contribution in [1.82, 2.24) is 4.57 Å². The van der Waals surface area contributed by atoms with Gasteiger partial charge in [-0.05, 0) is 86.4 Å². The third-order valence-corrected chi connectivity index (χ3v) is 9.89. The molecule has 10 rings (SSSR count). The van der Waals surface area contributed by atoms with Crippen LogP contribution in [-0.2, 0) is 0 Å². The van der Waals surface area contributed by atoms with Crippen molar-refractivity contribution >= 4 is 71.1 Å². The lowest BCUT2D eigenvalue weighted by Gasteiger charge is -2.27. The van der Waals surface area contributed by atoms with Crippen molar-refractivity contribution in [2.24, 2.45) is 0 Å². The van der Waals surface area contributed by atoms with Crippen molar-refractivity contribution in [2.45, 2.75) is 0 Å². The molecule has 2 heteroatoms. The second kappa shape index (κ2) is 10.6. The third-order valence-electron chi connectivity index (χ3n) is 9.89. The van der Waals surface area contributed by atoms with Crippen molar-refractivity contribution < 1.29 is 0 Å². The molecule has 0 spiro atoms. The summed E-state index contributed by atoms with van der Waals surface area (Å²) in [6, 6.07) is 66.1. The first kappa shape index (κ1) is 26.8. The van der Waals surface area contributed by atoms with E-state index >= 15 is 0 Å². The number of fused-ring (bicyclic) bond motifs is 4. The Morgan fingerprint density at radius 1 is 0.375 bits per heavy atom. The SMILES string of the molecule is c1ccc(-c2cc3c4cccc5ccc6cccc(c6c54)c3n2-c2ccc(N(c3ccccc3)c3cccc4ccccc34)cc2)cc1. The van der Waals surface area contributed by atoms with Gasteiger partial charge in [0.2, 0.25) is 0 Å². The Bertz CT molecular complexity index is 2750. The molecule has 10 aromatic rings. The minimum Gasteiger partial charge on any atom is -0.310 e. The van der Waals surface area contributed by atoms with Crippen LogP contribution in [0.4, 0.5) is 17.1 Å². The largest absolute Gasteiger partial charge is 0.310 e. The fourth-order valence-corrected chi connectivity index (χ4v) is 7.81. The van der Waals surface area contributed by atoms with Crippen LogP contribution in [0.3, 0.4) is 0 Å². The predicted molar refractivity (Wildman–Crippen MR) is 205 cm³/mol. The number of para-hydroxylation sites is 1. The lowest BCUT2D eigenvalue weighted by atomic mass is 9.92. The van der Waals surface area contributed by atoms with E-state index in [1.54, 1.807) is 0 Å². The number of hydrogen-bond acceptors (Lipinski definition) is 1. The molecule has 0 unspecified atom stereocenters. The Morgan fingerprint density at radius 2 is 0.938 bits per heavy atom. The molecule has 0 aliphatic carbocycles. The average molecular weight is 611 g/mol. The van der Waals surface area contributed by atoms with Crippen molar-refractivity contribution in [3.8, 4) is 16.9 Å². The summed E-state index contributed by atoms with van der Waals surface area (Å²) in [7, 11) is 0. The van der Waals surface area contributed by atoms with Crippen LogP contribution in [0.25, 0.3) is 70.9 Å². The molecule has 0 aliphatic rings. The molecule has 2 nitrogen and oxygen atoms in total. The Morgan fingerprint density at radius 3 is 1.71 bits per heavy atom. The van der Waals surface area contributed by atoms with Crippen molar-refractivity contribution in [2.75, 3.05) is 4.90 Å². The van der Waals surface area contributed by atoms with E-state index in [-0.39, 0.29) is 0 Å². The van der Waals surface area contributed by atoms with Gasteiger partial charge in [-0.2, -0.15) is 0 Å². The molecule has 0 bridgehead atoms. The highest BCUT2D eigenvalue weighted by molar-refractivity contribution is 6.33. The van der Waals surface area contributed by atoms with E-state index in [2.05, 4.69) is 191 Å². The first-order valence-corrected chi connectivity index (χ1v) is 16.5. The molecular weight excluding hydrogens is 581 g/mol. The number of aromatic nitrogens is 1. The van der Waals surface area contributed by atoms with Gasteiger partial charge in [-0.3, -0.25) is 0 Å². The van der Waals surface area contributed by atoms with Crippen molar-refractivity contribution in [3.05, 3.63) is 182 Å². The molecule has 0 saturated heterocycles. The monoisotopic (exact) mass is 610 g/mol. The number of anilines is 3. The molecule has 9 aromatic carbocycles. The van der Waals surface area contributed by atoms with Crippen LogP contribution in [0.1, 0.15) is 0 Å². The Kier molecular flexibility index (Phi) is 5.91. The molecule has 0 saturated carbocycles. The van der Waals surface area contributed by atoms with Gasteiger partial charge in [-0.25, -0.2) is 0 Å². The quantitative estimate of drug-likeness (QED) is 0.176. The summed E-state index contributed by atoms with van der Waals surface area (Å²) in [5.74, 6) is 0. The Hall–Kier alpha value is -6.38. The van der Waals surface area contributed by atoms with Crippen molar-refractivity contribution in [3.63, 3.8) is 0 Å². The maximum atomic E-state index is 2.47. The fourth-order valence-electron chi connectivity index (χ4n) is 7.81. The van der Waals surface area contributed by atoms with Gasteiger partial charge in [0.25, 0.3) is 0 Å². The van der Waals surface area contributed by atoms with Gasteiger partial charge in [-0.15, -0.1) is 0 Å². The zero-order chi connectivity index (χ0) is 31.6. The van der Waals surface area contributed by atoms with Crippen LogP contribution in [0.15, 0.2) is 182 Å². The molecule has 0 N–H and O–H groups in total. The molecule has 0 atom stereocenters. The van der Waals surface area contributed by atoms with Gasteiger partial charge in [0, 0.05) is 33.2 Å². The number of benzene rings is 9. The zero-order valence-corrected chi connectivity index (χ0v) is 26.2. The van der Waals surface area contributed by atoms with Crippen LogP contribution >= 0.6 is 0 Å². The van der Waals surface area contributed by atoms with E-state index in [0.717, 1.165) is 22.7 Å². The van der Waals surface area contributed by atoms with Crippen LogP contribution in [0.2, 0.25) is 0 Å². The van der Waals surface area contributed by atoms with Gasteiger partial charge in [0.1, 0.15) is 0 Å². The van der Waals surface area contributed by atoms with E-state index in [9.17, 15) is 0 Å². The Balaban J connectivity index is 1.24. The van der Waals surface area contributed by atoms with Crippen LogP contribution < -0.4 is 4.90 Å². The van der Waals surface area contributed by atoms with E-state index in [0.29, 0.717) is 0 Å². The number of hydrogen-bond donors (Lipinski definition) is 0. The van der Waals surface area contributed by atoms with Gasteiger partial charge in [0.05, 0.1) is 16.9 Å². The fraction of sp³-hybridized carbons (Fsp3) is 0. The summed E-state index contributed by atoms with van der Waals surface area (Å²) in [6.45, 7) is 0. The average Bonchev–Trinajstić information content (AvgIpc) is 3.57. The van der Waals surface area contributed by atoms with E-state index in [1.807, 2.05) is 0 Å². The summed E-state index contributed by atoms with van der Waals surface area (Å²) >= 11 is 0. The van der Waals surface area contributed by atoms with Gasteiger partial charge in [-0.1, -0.05) is 133 Å². The Labute approximate surface area is 278 Å². The second-order valence-electron chi connectivity index (χ2n) is 12.6. The second-order valence-corrected chi connectivity index (χ2v) is 12.6. The first-order chi connectivity index (χ1) is 23.8. The molecule has 1 heterocycles. The molecular formula is C46H30N2.